The second-order valence-corrected chi connectivity index (χ2v) is 9.45. The van der Waals surface area contributed by atoms with Crippen LogP contribution in [0.1, 0.15) is 78.1 Å². The van der Waals surface area contributed by atoms with Crippen LogP contribution < -0.4 is 5.32 Å². The number of nitrogens with one attached hydrogen (secondary N) is 1. The van der Waals surface area contributed by atoms with Crippen LogP contribution in [0.4, 0.5) is 5.69 Å². The third-order valence-electron chi connectivity index (χ3n) is 6.62. The molecule has 0 spiro atoms. The molecule has 31 heavy (non-hydrogen) atoms. The van der Waals surface area contributed by atoms with Gasteiger partial charge in [0.05, 0.1) is 11.8 Å². The van der Waals surface area contributed by atoms with Crippen molar-refractivity contribution in [3.8, 4) is 0 Å². The third-order valence-corrected chi connectivity index (χ3v) is 6.87. The van der Waals surface area contributed by atoms with Gasteiger partial charge in [0.1, 0.15) is 6.10 Å². The van der Waals surface area contributed by atoms with Crippen molar-refractivity contribution in [2.75, 3.05) is 5.32 Å². The SMILES string of the molecule is CCCCCCC1=C[C@H]2[C@H](C(=O)O[C@@H]2CCCCC)[C@H](C(=O)Nc2ccc(Cl)cc2)C1. The van der Waals surface area contributed by atoms with Gasteiger partial charge in [-0.25, -0.2) is 0 Å². The maximum atomic E-state index is 13.3. The summed E-state index contributed by atoms with van der Waals surface area (Å²) in [7, 11) is 0. The Morgan fingerprint density at radius 1 is 1.06 bits per heavy atom. The van der Waals surface area contributed by atoms with Crippen molar-refractivity contribution in [3.05, 3.63) is 40.9 Å². The van der Waals surface area contributed by atoms with E-state index < -0.39 is 0 Å². The van der Waals surface area contributed by atoms with Crippen LogP contribution in [0, 0.1) is 17.8 Å². The van der Waals surface area contributed by atoms with E-state index in [-0.39, 0.29) is 35.7 Å². The Balaban J connectivity index is 1.76. The van der Waals surface area contributed by atoms with Crippen LogP contribution in [0.15, 0.2) is 35.9 Å². The number of esters is 1. The molecule has 2 aliphatic rings. The van der Waals surface area contributed by atoms with Gasteiger partial charge in [0, 0.05) is 16.6 Å². The van der Waals surface area contributed by atoms with Crippen LogP contribution in [0.5, 0.6) is 0 Å². The number of cyclic esters (lactones) is 1. The van der Waals surface area contributed by atoms with E-state index >= 15 is 0 Å². The fourth-order valence-corrected chi connectivity index (χ4v) is 5.05. The number of carbonyl (C=O) groups excluding carboxylic acids is 2. The van der Waals surface area contributed by atoms with E-state index in [1.165, 1.54) is 24.8 Å². The van der Waals surface area contributed by atoms with Crippen molar-refractivity contribution in [2.45, 2.75) is 84.2 Å². The molecular formula is C26H36ClNO3. The first-order chi connectivity index (χ1) is 15.0. The van der Waals surface area contributed by atoms with Crippen LogP contribution in [-0.2, 0) is 14.3 Å². The van der Waals surface area contributed by atoms with Crippen LogP contribution in [-0.4, -0.2) is 18.0 Å². The Morgan fingerprint density at radius 3 is 2.48 bits per heavy atom. The molecule has 3 rings (SSSR count). The topological polar surface area (TPSA) is 55.4 Å². The molecule has 1 fully saturated rings. The number of hydrogen-bond acceptors (Lipinski definition) is 3. The van der Waals surface area contributed by atoms with Gasteiger partial charge in [-0.3, -0.25) is 9.59 Å². The molecule has 1 aromatic rings. The zero-order chi connectivity index (χ0) is 22.2. The number of halogens is 1. The zero-order valence-electron chi connectivity index (χ0n) is 18.9. The van der Waals surface area contributed by atoms with Crippen LogP contribution in [0.2, 0.25) is 5.02 Å². The Kier molecular flexibility index (Phi) is 9.01. The largest absolute Gasteiger partial charge is 0.461 e. The summed E-state index contributed by atoms with van der Waals surface area (Å²) >= 11 is 5.97. The number of ether oxygens (including phenoxy) is 1. The number of carbonyl (C=O) groups is 2. The lowest BCUT2D eigenvalue weighted by molar-refractivity contribution is -0.147. The maximum absolute atomic E-state index is 13.3. The number of anilines is 1. The van der Waals surface area contributed by atoms with Crippen molar-refractivity contribution < 1.29 is 14.3 Å². The number of allylic oxidation sites excluding steroid dienone is 1. The smallest absolute Gasteiger partial charge is 0.310 e. The van der Waals surface area contributed by atoms with Crippen molar-refractivity contribution >= 4 is 29.2 Å². The summed E-state index contributed by atoms with van der Waals surface area (Å²) in [5, 5.41) is 3.63. The molecule has 1 aliphatic heterocycles. The van der Waals surface area contributed by atoms with Crippen molar-refractivity contribution in [3.63, 3.8) is 0 Å². The quantitative estimate of drug-likeness (QED) is 0.228. The molecule has 4 nitrogen and oxygen atoms in total. The first-order valence-corrected chi connectivity index (χ1v) is 12.4. The predicted molar refractivity (Wildman–Crippen MR) is 126 cm³/mol. The Labute approximate surface area is 191 Å². The van der Waals surface area contributed by atoms with E-state index in [4.69, 9.17) is 16.3 Å². The summed E-state index contributed by atoms with van der Waals surface area (Å²) in [5.74, 6) is -1.04. The highest BCUT2D eigenvalue weighted by Gasteiger charge is 2.51. The molecule has 0 unspecified atom stereocenters. The van der Waals surface area contributed by atoms with E-state index in [0.29, 0.717) is 17.1 Å². The van der Waals surface area contributed by atoms with Crippen molar-refractivity contribution in [1.82, 2.24) is 0 Å². The summed E-state index contributed by atoms with van der Waals surface area (Å²) < 4.78 is 5.81. The van der Waals surface area contributed by atoms with Gasteiger partial charge >= 0.3 is 5.97 Å². The molecule has 1 N–H and O–H groups in total. The highest BCUT2D eigenvalue weighted by molar-refractivity contribution is 6.30. The summed E-state index contributed by atoms with van der Waals surface area (Å²) in [4.78, 5) is 26.1. The maximum Gasteiger partial charge on any atom is 0.310 e. The van der Waals surface area contributed by atoms with E-state index in [1.807, 2.05) is 0 Å². The second-order valence-electron chi connectivity index (χ2n) is 9.02. The van der Waals surface area contributed by atoms with Crippen molar-refractivity contribution in [2.24, 2.45) is 17.8 Å². The number of amides is 1. The minimum atomic E-state index is -0.379. The zero-order valence-corrected chi connectivity index (χ0v) is 19.6. The average molecular weight is 446 g/mol. The van der Waals surface area contributed by atoms with Gasteiger partial charge < -0.3 is 10.1 Å². The molecule has 1 amide bonds. The van der Waals surface area contributed by atoms with Crippen LogP contribution >= 0.6 is 11.6 Å². The van der Waals surface area contributed by atoms with Gasteiger partial charge in [0.15, 0.2) is 0 Å². The summed E-state index contributed by atoms with van der Waals surface area (Å²) in [6.45, 7) is 4.39. The minimum absolute atomic E-state index is 0.0141. The van der Waals surface area contributed by atoms with E-state index in [1.54, 1.807) is 24.3 Å². The standard InChI is InChI=1S/C26H36ClNO3/c1-3-5-7-9-10-18-16-21-23(11-8-6-4-2)31-26(30)24(21)22(17-18)25(29)28-20-14-12-19(27)13-15-20/h12-16,21-24H,3-11,17H2,1-2H3,(H,28,29)/t21-,22-,23-,24+/m1/s1. The Morgan fingerprint density at radius 2 is 1.77 bits per heavy atom. The van der Waals surface area contributed by atoms with E-state index in [9.17, 15) is 9.59 Å². The Bertz CT molecular complexity index is 773. The number of unbranched alkanes of at least 4 members (excludes halogenated alkanes) is 5. The number of hydrogen-bond donors (Lipinski definition) is 1. The minimum Gasteiger partial charge on any atom is -0.461 e. The molecule has 0 saturated carbocycles. The van der Waals surface area contributed by atoms with Crippen LogP contribution in [0.25, 0.3) is 0 Å². The molecule has 0 aromatic heterocycles. The molecule has 0 bridgehead atoms. The van der Waals surface area contributed by atoms with Crippen LogP contribution in [0.3, 0.4) is 0 Å². The molecule has 1 aromatic carbocycles. The second kappa shape index (κ2) is 11.7. The Hall–Kier alpha value is -1.81. The normalized spacial score (nSPS) is 25.0. The molecular weight excluding hydrogens is 410 g/mol. The van der Waals surface area contributed by atoms with Gasteiger partial charge in [-0.05, 0) is 56.4 Å². The fourth-order valence-electron chi connectivity index (χ4n) is 4.92. The summed E-state index contributed by atoms with van der Waals surface area (Å²) in [6, 6.07) is 7.10. The summed E-state index contributed by atoms with van der Waals surface area (Å²) in [6.07, 6.45) is 12.8. The molecule has 1 aliphatic carbocycles. The van der Waals surface area contributed by atoms with Gasteiger partial charge in [-0.1, -0.05) is 69.2 Å². The molecule has 4 atom stereocenters. The number of fused-ring (bicyclic) bond motifs is 1. The van der Waals surface area contributed by atoms with Gasteiger partial charge in [0.25, 0.3) is 0 Å². The number of rotatable bonds is 11. The number of benzene rings is 1. The first-order valence-electron chi connectivity index (χ1n) is 12.0. The monoisotopic (exact) mass is 445 g/mol. The first kappa shape index (κ1) is 23.8. The molecule has 1 heterocycles. The lowest BCUT2D eigenvalue weighted by Gasteiger charge is -2.31. The third kappa shape index (κ3) is 6.35. The molecule has 170 valence electrons. The lowest BCUT2D eigenvalue weighted by Crippen LogP contribution is -2.38. The van der Waals surface area contributed by atoms with Gasteiger partial charge in [-0.2, -0.15) is 0 Å². The highest BCUT2D eigenvalue weighted by atomic mass is 35.5. The summed E-state index contributed by atoms with van der Waals surface area (Å²) in [5.41, 5.74) is 2.02. The molecule has 0 radical (unpaired) electrons. The fraction of sp³-hybridized carbons (Fsp3) is 0.615. The molecule has 5 heteroatoms. The predicted octanol–water partition coefficient (Wildman–Crippen LogP) is 6.93. The van der Waals surface area contributed by atoms with E-state index in [2.05, 4.69) is 25.2 Å². The lowest BCUT2D eigenvalue weighted by atomic mass is 9.70. The van der Waals surface area contributed by atoms with Crippen molar-refractivity contribution in [1.29, 1.82) is 0 Å². The van der Waals surface area contributed by atoms with Gasteiger partial charge in [-0.15, -0.1) is 0 Å². The van der Waals surface area contributed by atoms with E-state index in [0.717, 1.165) is 38.5 Å². The molecule has 1 saturated heterocycles. The highest BCUT2D eigenvalue weighted by Crippen LogP contribution is 2.45. The van der Waals surface area contributed by atoms with Gasteiger partial charge in [0.2, 0.25) is 5.91 Å². The average Bonchev–Trinajstić information content (AvgIpc) is 3.08.